The molecule has 31 heavy (non-hydrogen) atoms. The number of rotatable bonds is 10. The number of aryl methyl sites for hydroxylation is 1. The van der Waals surface area contributed by atoms with Crippen molar-refractivity contribution in [3.05, 3.63) is 76.9 Å². The lowest BCUT2D eigenvalue weighted by Gasteiger charge is -2.10. The third-order valence-electron chi connectivity index (χ3n) is 5.17. The van der Waals surface area contributed by atoms with Crippen molar-refractivity contribution in [2.45, 2.75) is 60.2 Å². The summed E-state index contributed by atoms with van der Waals surface area (Å²) in [5.41, 5.74) is 5.24. The van der Waals surface area contributed by atoms with Crippen molar-refractivity contribution in [1.82, 2.24) is 20.1 Å². The molecule has 0 aliphatic rings. The van der Waals surface area contributed by atoms with Gasteiger partial charge in [0, 0.05) is 31.4 Å². The average molecular weight is 421 g/mol. The van der Waals surface area contributed by atoms with Crippen molar-refractivity contribution in [3.63, 3.8) is 0 Å². The zero-order valence-electron chi connectivity index (χ0n) is 18.9. The Bertz CT molecular complexity index is 996. The monoisotopic (exact) mass is 420 g/mol. The largest absolute Gasteiger partial charge is 0.487 e. The van der Waals surface area contributed by atoms with Gasteiger partial charge in [-0.05, 0) is 61.6 Å². The van der Waals surface area contributed by atoms with Crippen LogP contribution in [0.1, 0.15) is 48.5 Å². The zero-order chi connectivity index (χ0) is 22.2. The fourth-order valence-corrected chi connectivity index (χ4v) is 3.53. The number of ether oxygens (including phenoxy) is 1. The first-order valence-corrected chi connectivity index (χ1v) is 10.8. The molecule has 1 N–H and O–H groups in total. The summed E-state index contributed by atoms with van der Waals surface area (Å²) in [5.74, 6) is 1.34. The molecule has 6 nitrogen and oxygen atoms in total. The Morgan fingerprint density at radius 1 is 1.16 bits per heavy atom. The van der Waals surface area contributed by atoms with Crippen molar-refractivity contribution in [2.75, 3.05) is 0 Å². The smallest absolute Gasteiger partial charge is 0.220 e. The van der Waals surface area contributed by atoms with Crippen LogP contribution in [-0.4, -0.2) is 20.7 Å². The normalized spacial score (nSPS) is 11.0. The summed E-state index contributed by atoms with van der Waals surface area (Å²) in [4.78, 5) is 16.7. The molecule has 2 aromatic heterocycles. The summed E-state index contributed by atoms with van der Waals surface area (Å²) in [6.45, 7) is 10.3. The lowest BCUT2D eigenvalue weighted by molar-refractivity contribution is -0.121. The van der Waals surface area contributed by atoms with E-state index < -0.39 is 0 Å². The molecule has 0 atom stereocenters. The van der Waals surface area contributed by atoms with Crippen LogP contribution in [0.2, 0.25) is 0 Å². The van der Waals surface area contributed by atoms with E-state index >= 15 is 0 Å². The minimum Gasteiger partial charge on any atom is -0.487 e. The van der Waals surface area contributed by atoms with Crippen molar-refractivity contribution in [3.8, 4) is 5.75 Å². The van der Waals surface area contributed by atoms with Gasteiger partial charge < -0.3 is 10.1 Å². The molecular weight excluding hydrogens is 388 g/mol. The number of nitrogens with zero attached hydrogens (tertiary/aromatic N) is 3. The molecule has 0 aliphatic carbocycles. The minimum absolute atomic E-state index is 0.0372. The van der Waals surface area contributed by atoms with Crippen molar-refractivity contribution in [1.29, 1.82) is 0 Å². The number of pyridine rings is 1. The van der Waals surface area contributed by atoms with E-state index in [1.165, 1.54) is 5.56 Å². The van der Waals surface area contributed by atoms with E-state index in [1.54, 1.807) is 6.20 Å². The van der Waals surface area contributed by atoms with Crippen LogP contribution in [0.15, 0.2) is 48.7 Å². The van der Waals surface area contributed by atoms with Crippen molar-refractivity contribution < 1.29 is 9.53 Å². The van der Waals surface area contributed by atoms with E-state index in [1.807, 2.05) is 49.4 Å². The summed E-state index contributed by atoms with van der Waals surface area (Å²) in [6.07, 6.45) is 2.91. The van der Waals surface area contributed by atoms with Gasteiger partial charge >= 0.3 is 0 Å². The fourth-order valence-electron chi connectivity index (χ4n) is 3.53. The van der Waals surface area contributed by atoms with Crippen LogP contribution in [0, 0.1) is 19.8 Å². The van der Waals surface area contributed by atoms with Crippen molar-refractivity contribution in [2.24, 2.45) is 5.92 Å². The minimum atomic E-state index is 0.0372. The highest BCUT2D eigenvalue weighted by molar-refractivity contribution is 5.76. The highest BCUT2D eigenvalue weighted by Crippen LogP contribution is 2.17. The lowest BCUT2D eigenvalue weighted by atomic mass is 10.1. The van der Waals surface area contributed by atoms with Crippen molar-refractivity contribution >= 4 is 5.91 Å². The number of amides is 1. The number of aromatic nitrogens is 3. The van der Waals surface area contributed by atoms with Gasteiger partial charge in [0.05, 0.1) is 11.4 Å². The summed E-state index contributed by atoms with van der Waals surface area (Å²) >= 11 is 0. The highest BCUT2D eigenvalue weighted by atomic mass is 16.5. The molecule has 0 saturated heterocycles. The molecule has 0 bridgehead atoms. The molecule has 2 heterocycles. The predicted molar refractivity (Wildman–Crippen MR) is 122 cm³/mol. The quantitative estimate of drug-likeness (QED) is 0.528. The van der Waals surface area contributed by atoms with E-state index in [9.17, 15) is 4.79 Å². The number of carbonyl (C=O) groups is 1. The molecule has 0 spiro atoms. The van der Waals surface area contributed by atoms with Gasteiger partial charge in [0.15, 0.2) is 0 Å². The Balaban J connectivity index is 1.48. The summed E-state index contributed by atoms with van der Waals surface area (Å²) in [6, 6.07) is 13.5. The third kappa shape index (κ3) is 6.67. The SMILES string of the molecule is Cc1nn(CC(C)C)c(C)c1CCC(=O)NCc1cccc(OCc2ccccn2)c1. The van der Waals surface area contributed by atoms with Gasteiger partial charge in [-0.3, -0.25) is 14.5 Å². The molecule has 0 unspecified atom stereocenters. The second kappa shape index (κ2) is 10.8. The average Bonchev–Trinajstić information content (AvgIpc) is 3.02. The Morgan fingerprint density at radius 3 is 2.74 bits per heavy atom. The second-order valence-electron chi connectivity index (χ2n) is 8.26. The van der Waals surface area contributed by atoms with Crippen LogP contribution in [-0.2, 0) is 30.9 Å². The lowest BCUT2D eigenvalue weighted by Crippen LogP contribution is -2.23. The van der Waals surface area contributed by atoms with E-state index in [4.69, 9.17) is 4.74 Å². The molecule has 164 valence electrons. The molecular formula is C25H32N4O2. The van der Waals surface area contributed by atoms with Crippen LogP contribution in [0.3, 0.4) is 0 Å². The molecule has 0 fully saturated rings. The van der Waals surface area contributed by atoms with Crippen LogP contribution in [0.5, 0.6) is 5.75 Å². The van der Waals surface area contributed by atoms with E-state index in [0.717, 1.165) is 34.9 Å². The number of carbonyl (C=O) groups excluding carboxylic acids is 1. The molecule has 0 aliphatic heterocycles. The first-order chi connectivity index (χ1) is 14.9. The molecule has 3 rings (SSSR count). The molecule has 6 heteroatoms. The number of hydrogen-bond donors (Lipinski definition) is 1. The molecule has 1 aromatic carbocycles. The van der Waals surface area contributed by atoms with Gasteiger partial charge in [-0.2, -0.15) is 5.10 Å². The Labute approximate surface area is 184 Å². The predicted octanol–water partition coefficient (Wildman–Crippen LogP) is 4.38. The van der Waals surface area contributed by atoms with E-state index in [0.29, 0.717) is 31.9 Å². The van der Waals surface area contributed by atoms with Crippen LogP contribution in [0.4, 0.5) is 0 Å². The van der Waals surface area contributed by atoms with Gasteiger partial charge in [-0.1, -0.05) is 32.0 Å². The van der Waals surface area contributed by atoms with Gasteiger partial charge in [0.2, 0.25) is 5.91 Å². The Kier molecular flexibility index (Phi) is 7.82. The van der Waals surface area contributed by atoms with E-state index in [-0.39, 0.29) is 5.91 Å². The van der Waals surface area contributed by atoms with E-state index in [2.05, 4.69) is 40.9 Å². The van der Waals surface area contributed by atoms with Gasteiger partial charge in [0.1, 0.15) is 12.4 Å². The first-order valence-electron chi connectivity index (χ1n) is 10.8. The number of nitrogens with one attached hydrogen (secondary N) is 1. The maximum Gasteiger partial charge on any atom is 0.220 e. The fraction of sp³-hybridized carbons (Fsp3) is 0.400. The second-order valence-corrected chi connectivity index (χ2v) is 8.26. The number of hydrogen-bond acceptors (Lipinski definition) is 4. The topological polar surface area (TPSA) is 69.0 Å². The molecule has 0 saturated carbocycles. The van der Waals surface area contributed by atoms with Crippen LogP contribution < -0.4 is 10.1 Å². The number of benzene rings is 1. The summed E-state index contributed by atoms with van der Waals surface area (Å²) in [5, 5.41) is 7.65. The summed E-state index contributed by atoms with van der Waals surface area (Å²) in [7, 11) is 0. The standard InChI is InChI=1S/C25H32N4O2/c1-18(2)16-29-20(4)24(19(3)28-29)11-12-25(30)27-15-21-8-7-10-23(14-21)31-17-22-9-5-6-13-26-22/h5-10,13-14,18H,11-12,15-17H2,1-4H3,(H,27,30). The molecule has 1 amide bonds. The Hall–Kier alpha value is -3.15. The molecule has 3 aromatic rings. The van der Waals surface area contributed by atoms with Crippen LogP contribution in [0.25, 0.3) is 0 Å². The van der Waals surface area contributed by atoms with Crippen LogP contribution >= 0.6 is 0 Å². The Morgan fingerprint density at radius 2 is 2.00 bits per heavy atom. The van der Waals surface area contributed by atoms with Gasteiger partial charge in [-0.25, -0.2) is 0 Å². The zero-order valence-corrected chi connectivity index (χ0v) is 18.9. The maximum absolute atomic E-state index is 12.4. The first kappa shape index (κ1) is 22.5. The third-order valence-corrected chi connectivity index (χ3v) is 5.17. The summed E-state index contributed by atoms with van der Waals surface area (Å²) < 4.78 is 7.88. The maximum atomic E-state index is 12.4. The highest BCUT2D eigenvalue weighted by Gasteiger charge is 2.14. The van der Waals surface area contributed by atoms with Gasteiger partial charge in [0.25, 0.3) is 0 Å². The van der Waals surface area contributed by atoms with Gasteiger partial charge in [-0.15, -0.1) is 0 Å². The molecule has 0 radical (unpaired) electrons.